The molecule has 0 fully saturated rings. The van der Waals surface area contributed by atoms with Crippen LogP contribution in [0.4, 0.5) is 16.2 Å². The maximum absolute atomic E-state index is 12.0. The van der Waals surface area contributed by atoms with E-state index in [1.165, 1.54) is 18.2 Å². The molecule has 25 heavy (non-hydrogen) atoms. The number of benzene rings is 1. The van der Waals surface area contributed by atoms with Crippen LogP contribution in [0.2, 0.25) is 0 Å². The minimum Gasteiger partial charge on any atom is -0.334 e. The van der Waals surface area contributed by atoms with Gasteiger partial charge in [-0.1, -0.05) is 12.1 Å². The summed E-state index contributed by atoms with van der Waals surface area (Å²) in [6, 6.07) is 10.8. The van der Waals surface area contributed by atoms with Gasteiger partial charge in [-0.3, -0.25) is 10.1 Å². The van der Waals surface area contributed by atoms with Gasteiger partial charge in [-0.2, -0.15) is 5.10 Å². The Bertz CT molecular complexity index is 894. The number of anilines is 1. The molecule has 1 aromatic carbocycles. The number of pyridine rings is 1. The molecule has 0 aliphatic heterocycles. The number of nitrogens with zero attached hydrogens (tertiary/aromatic N) is 4. The Morgan fingerprint density at radius 3 is 2.80 bits per heavy atom. The summed E-state index contributed by atoms with van der Waals surface area (Å²) in [5, 5.41) is 20.2. The van der Waals surface area contributed by atoms with Crippen molar-refractivity contribution in [3.8, 4) is 5.82 Å². The molecule has 126 valence electrons. The molecule has 2 amide bonds. The van der Waals surface area contributed by atoms with Crippen molar-refractivity contribution in [3.63, 3.8) is 0 Å². The summed E-state index contributed by atoms with van der Waals surface area (Å²) >= 11 is 0. The molecule has 0 bridgehead atoms. The highest BCUT2D eigenvalue weighted by atomic mass is 16.6. The van der Waals surface area contributed by atoms with Crippen LogP contribution in [0.1, 0.15) is 5.56 Å². The van der Waals surface area contributed by atoms with Gasteiger partial charge in [0.2, 0.25) is 0 Å². The van der Waals surface area contributed by atoms with Gasteiger partial charge in [0, 0.05) is 31.2 Å². The zero-order chi connectivity index (χ0) is 17.6. The van der Waals surface area contributed by atoms with E-state index in [0.717, 1.165) is 5.56 Å². The lowest BCUT2D eigenvalue weighted by atomic mass is 10.2. The first-order valence-corrected chi connectivity index (χ1v) is 7.37. The van der Waals surface area contributed by atoms with Crippen LogP contribution in [0.5, 0.6) is 0 Å². The average Bonchev–Trinajstić information content (AvgIpc) is 3.15. The van der Waals surface area contributed by atoms with Crippen molar-refractivity contribution in [1.29, 1.82) is 0 Å². The van der Waals surface area contributed by atoms with E-state index in [-0.39, 0.29) is 17.9 Å². The number of amides is 2. The number of nitro groups is 1. The van der Waals surface area contributed by atoms with Gasteiger partial charge in [0.1, 0.15) is 5.69 Å². The second kappa shape index (κ2) is 7.21. The summed E-state index contributed by atoms with van der Waals surface area (Å²) in [7, 11) is 0. The van der Waals surface area contributed by atoms with Crippen LogP contribution in [-0.2, 0) is 6.54 Å². The number of nitro benzene ring substituents is 1. The molecule has 2 heterocycles. The first-order valence-electron chi connectivity index (χ1n) is 7.37. The summed E-state index contributed by atoms with van der Waals surface area (Å²) in [5.41, 5.74) is 0.790. The Morgan fingerprint density at radius 1 is 1.20 bits per heavy atom. The van der Waals surface area contributed by atoms with Crippen molar-refractivity contribution < 1.29 is 9.72 Å². The van der Waals surface area contributed by atoms with Crippen LogP contribution >= 0.6 is 0 Å². The average molecular weight is 338 g/mol. The molecule has 0 aliphatic rings. The summed E-state index contributed by atoms with van der Waals surface area (Å²) in [5.74, 6) is 0.628. The number of carbonyl (C=O) groups is 1. The molecule has 3 rings (SSSR count). The van der Waals surface area contributed by atoms with Gasteiger partial charge in [0.05, 0.1) is 4.92 Å². The molecule has 9 heteroatoms. The van der Waals surface area contributed by atoms with Gasteiger partial charge >= 0.3 is 6.03 Å². The standard InChI is InChI=1S/C16H14N6O3/c23-16(20-13-4-1-2-5-14(13)22(24)25)18-11-12-6-8-17-15(10-12)21-9-3-7-19-21/h1-10H,11H2,(H2,18,20,23). The largest absolute Gasteiger partial charge is 0.334 e. The quantitative estimate of drug-likeness (QED) is 0.548. The summed E-state index contributed by atoms with van der Waals surface area (Å²) in [6.07, 6.45) is 5.03. The fraction of sp³-hybridized carbons (Fsp3) is 0.0625. The Morgan fingerprint density at radius 2 is 2.04 bits per heavy atom. The highest BCUT2D eigenvalue weighted by Gasteiger charge is 2.14. The van der Waals surface area contributed by atoms with Crippen LogP contribution in [0.25, 0.3) is 5.82 Å². The van der Waals surface area contributed by atoms with E-state index in [1.807, 2.05) is 0 Å². The molecule has 9 nitrogen and oxygen atoms in total. The van der Waals surface area contributed by atoms with Gasteiger partial charge in [0.25, 0.3) is 5.69 Å². The Balaban J connectivity index is 1.63. The Kier molecular flexibility index (Phi) is 4.65. The molecule has 0 aliphatic carbocycles. The first-order chi connectivity index (χ1) is 12.1. The van der Waals surface area contributed by atoms with Gasteiger partial charge < -0.3 is 10.6 Å². The monoisotopic (exact) mass is 338 g/mol. The molecular weight excluding hydrogens is 324 g/mol. The van der Waals surface area contributed by atoms with Gasteiger partial charge in [-0.05, 0) is 29.8 Å². The fourth-order valence-corrected chi connectivity index (χ4v) is 2.19. The van der Waals surface area contributed by atoms with Crippen LogP contribution in [0.3, 0.4) is 0 Å². The Labute approximate surface area is 142 Å². The lowest BCUT2D eigenvalue weighted by molar-refractivity contribution is -0.383. The van der Waals surface area contributed by atoms with Crippen molar-refractivity contribution in [1.82, 2.24) is 20.1 Å². The smallest absolute Gasteiger partial charge is 0.319 e. The highest BCUT2D eigenvalue weighted by molar-refractivity contribution is 5.91. The second-order valence-electron chi connectivity index (χ2n) is 5.05. The highest BCUT2D eigenvalue weighted by Crippen LogP contribution is 2.22. The van der Waals surface area contributed by atoms with Gasteiger partial charge in [0.15, 0.2) is 5.82 Å². The zero-order valence-corrected chi connectivity index (χ0v) is 13.0. The molecule has 0 atom stereocenters. The minimum atomic E-state index is -0.547. The summed E-state index contributed by atoms with van der Waals surface area (Å²) in [4.78, 5) is 26.6. The maximum atomic E-state index is 12.0. The minimum absolute atomic E-state index is 0.136. The number of aromatic nitrogens is 3. The SMILES string of the molecule is O=C(NCc1ccnc(-n2cccn2)c1)Nc1ccccc1[N+](=O)[O-]. The maximum Gasteiger partial charge on any atom is 0.319 e. The van der Waals surface area contributed by atoms with Crippen LogP contribution in [0.15, 0.2) is 61.1 Å². The van der Waals surface area contributed by atoms with Crippen molar-refractivity contribution in [2.45, 2.75) is 6.54 Å². The first kappa shape index (κ1) is 16.1. The lowest BCUT2D eigenvalue weighted by Crippen LogP contribution is -2.28. The van der Waals surface area contributed by atoms with Crippen LogP contribution in [0, 0.1) is 10.1 Å². The third-order valence-electron chi connectivity index (χ3n) is 3.35. The number of hydrogen-bond donors (Lipinski definition) is 2. The third kappa shape index (κ3) is 3.96. The predicted octanol–water partition coefficient (Wildman–Crippen LogP) is 2.50. The zero-order valence-electron chi connectivity index (χ0n) is 13.0. The summed E-state index contributed by atoms with van der Waals surface area (Å²) < 4.78 is 1.61. The normalized spacial score (nSPS) is 10.2. The van der Waals surface area contributed by atoms with E-state index in [1.54, 1.807) is 47.5 Å². The van der Waals surface area contributed by atoms with E-state index >= 15 is 0 Å². The molecule has 0 radical (unpaired) electrons. The molecule has 0 spiro atoms. The number of rotatable bonds is 5. The van der Waals surface area contributed by atoms with E-state index in [9.17, 15) is 14.9 Å². The van der Waals surface area contributed by atoms with Gasteiger partial charge in [-0.25, -0.2) is 14.5 Å². The van der Waals surface area contributed by atoms with E-state index in [2.05, 4.69) is 20.7 Å². The third-order valence-corrected chi connectivity index (χ3v) is 3.35. The van der Waals surface area contributed by atoms with Crippen molar-refractivity contribution in [2.24, 2.45) is 0 Å². The summed E-state index contributed by atoms with van der Waals surface area (Å²) in [6.45, 7) is 0.239. The number of carbonyl (C=O) groups excluding carboxylic acids is 1. The van der Waals surface area contributed by atoms with E-state index in [0.29, 0.717) is 5.82 Å². The number of hydrogen-bond acceptors (Lipinski definition) is 5. The molecule has 2 N–H and O–H groups in total. The molecule has 3 aromatic rings. The van der Waals surface area contributed by atoms with E-state index in [4.69, 9.17) is 0 Å². The molecule has 0 saturated carbocycles. The second-order valence-corrected chi connectivity index (χ2v) is 5.05. The van der Waals surface area contributed by atoms with E-state index < -0.39 is 11.0 Å². The lowest BCUT2D eigenvalue weighted by Gasteiger charge is -2.09. The molecule has 2 aromatic heterocycles. The van der Waals surface area contributed by atoms with Gasteiger partial charge in [-0.15, -0.1) is 0 Å². The number of urea groups is 1. The predicted molar refractivity (Wildman–Crippen MR) is 90.3 cm³/mol. The van der Waals surface area contributed by atoms with Crippen LogP contribution < -0.4 is 10.6 Å². The number of para-hydroxylation sites is 2. The number of nitrogens with one attached hydrogen (secondary N) is 2. The molecular formula is C16H14N6O3. The Hall–Kier alpha value is -3.75. The van der Waals surface area contributed by atoms with Crippen molar-refractivity contribution in [2.75, 3.05) is 5.32 Å². The topological polar surface area (TPSA) is 115 Å². The molecule has 0 unspecified atom stereocenters. The van der Waals surface area contributed by atoms with Crippen LogP contribution in [-0.4, -0.2) is 25.7 Å². The molecule has 0 saturated heterocycles. The van der Waals surface area contributed by atoms with Crippen molar-refractivity contribution >= 4 is 17.4 Å². The fourth-order valence-electron chi connectivity index (χ4n) is 2.19. The van der Waals surface area contributed by atoms with Crippen molar-refractivity contribution in [3.05, 3.63) is 76.7 Å².